The summed E-state index contributed by atoms with van der Waals surface area (Å²) in [7, 11) is 0. The molecule has 2 aromatic rings. The molecular weight excluding hydrogens is 452 g/mol. The number of aliphatic imine (C=N–C) groups is 1. The third kappa shape index (κ3) is 3.54. The van der Waals surface area contributed by atoms with Crippen LogP contribution >= 0.6 is 43.2 Å². The lowest BCUT2D eigenvalue weighted by atomic mass is 9.72. The van der Waals surface area contributed by atoms with Crippen molar-refractivity contribution in [3.05, 3.63) is 37.0 Å². The summed E-state index contributed by atoms with van der Waals surface area (Å²) in [6, 6.07) is 4.21. The average molecular weight is 470 g/mol. The van der Waals surface area contributed by atoms with E-state index in [1.54, 1.807) is 17.6 Å². The second-order valence-electron chi connectivity index (χ2n) is 7.13. The van der Waals surface area contributed by atoms with Crippen LogP contribution in [0.5, 0.6) is 0 Å². The molecule has 3 rings (SSSR count). The van der Waals surface area contributed by atoms with Gasteiger partial charge in [-0.05, 0) is 68.0 Å². The Bertz CT molecular complexity index is 817. The average Bonchev–Trinajstić information content (AvgIpc) is 3.03. The van der Waals surface area contributed by atoms with Gasteiger partial charge in [-0.1, -0.05) is 20.8 Å². The molecule has 0 radical (unpaired) electrons. The van der Waals surface area contributed by atoms with E-state index < -0.39 is 0 Å². The van der Waals surface area contributed by atoms with Gasteiger partial charge < -0.3 is 4.42 Å². The number of hydrogen-bond donors (Lipinski definition) is 0. The van der Waals surface area contributed by atoms with Crippen LogP contribution < -0.4 is 0 Å². The summed E-state index contributed by atoms with van der Waals surface area (Å²) in [5.74, 6) is 1.31. The van der Waals surface area contributed by atoms with Crippen molar-refractivity contribution in [2.75, 3.05) is 0 Å². The van der Waals surface area contributed by atoms with Crippen LogP contribution in [0.3, 0.4) is 0 Å². The zero-order valence-electron chi connectivity index (χ0n) is 13.8. The highest BCUT2D eigenvalue weighted by atomic mass is 79.9. The lowest BCUT2D eigenvalue weighted by molar-refractivity contribution is 0.218. The molecule has 126 valence electrons. The summed E-state index contributed by atoms with van der Waals surface area (Å²) in [6.07, 6.45) is 4.84. The molecule has 0 amide bonds. The quantitative estimate of drug-likeness (QED) is 0.462. The Kier molecular flexibility index (Phi) is 5.06. The normalized spacial score (nSPS) is 17.9. The summed E-state index contributed by atoms with van der Waals surface area (Å²) in [6.45, 7) is 6.90. The fraction of sp³-hybridized carbons (Fsp3) is 0.444. The lowest BCUT2D eigenvalue weighted by Crippen LogP contribution is -2.26. The van der Waals surface area contributed by atoms with E-state index in [4.69, 9.17) is 4.42 Å². The smallest absolute Gasteiger partial charge is 0.184 e. The van der Waals surface area contributed by atoms with Crippen LogP contribution in [0.4, 0.5) is 5.00 Å². The number of hydrogen-bond acceptors (Lipinski definition) is 4. The highest BCUT2D eigenvalue weighted by Crippen LogP contribution is 2.44. The highest BCUT2D eigenvalue weighted by molar-refractivity contribution is 9.13. The number of thiophene rings is 1. The number of furan rings is 1. The fourth-order valence-electron chi connectivity index (χ4n) is 3.07. The maximum Gasteiger partial charge on any atom is 0.184 e. The number of rotatable bonds is 2. The molecule has 0 saturated carbocycles. The molecule has 0 aliphatic heterocycles. The molecule has 2 heterocycles. The van der Waals surface area contributed by atoms with Crippen molar-refractivity contribution < 1.29 is 4.42 Å². The monoisotopic (exact) mass is 468 g/mol. The van der Waals surface area contributed by atoms with Gasteiger partial charge in [0.25, 0.3) is 0 Å². The largest absolute Gasteiger partial charge is 0.447 e. The standard InChI is InChI=1S/C18H18Br2N2OS/c1-18(2,3)10-4-5-12-13(8-21)17(24-15(12)6-10)22-9-11-7-14(19)16(20)23-11/h7,9-10H,4-6H2,1-3H3/t10-/m0/s1. The van der Waals surface area contributed by atoms with Gasteiger partial charge in [0, 0.05) is 10.9 Å². The zero-order chi connectivity index (χ0) is 17.5. The van der Waals surface area contributed by atoms with E-state index in [-0.39, 0.29) is 0 Å². The van der Waals surface area contributed by atoms with Gasteiger partial charge in [-0.25, -0.2) is 4.99 Å². The van der Waals surface area contributed by atoms with Gasteiger partial charge >= 0.3 is 0 Å². The molecule has 0 bridgehead atoms. The maximum atomic E-state index is 9.58. The molecule has 0 aromatic carbocycles. The minimum absolute atomic E-state index is 0.296. The summed E-state index contributed by atoms with van der Waals surface area (Å²) in [5, 5.41) is 10.4. The van der Waals surface area contributed by atoms with Crippen LogP contribution in [0, 0.1) is 22.7 Å². The molecule has 0 saturated heterocycles. The lowest BCUT2D eigenvalue weighted by Gasteiger charge is -2.33. The predicted molar refractivity (Wildman–Crippen MR) is 105 cm³/mol. The number of fused-ring (bicyclic) bond motifs is 1. The van der Waals surface area contributed by atoms with Gasteiger partial charge in [-0.15, -0.1) is 11.3 Å². The molecule has 2 aromatic heterocycles. The number of nitrogens with zero attached hydrogens (tertiary/aromatic N) is 2. The molecule has 1 atom stereocenters. The summed E-state index contributed by atoms with van der Waals surface area (Å²) >= 11 is 8.36. The highest BCUT2D eigenvalue weighted by Gasteiger charge is 2.32. The Morgan fingerprint density at radius 1 is 1.42 bits per heavy atom. The zero-order valence-corrected chi connectivity index (χ0v) is 17.8. The maximum absolute atomic E-state index is 9.58. The van der Waals surface area contributed by atoms with Gasteiger partial charge in [0.2, 0.25) is 0 Å². The Hall–Kier alpha value is -0.900. The third-order valence-corrected chi connectivity index (χ3v) is 7.43. The first-order valence-electron chi connectivity index (χ1n) is 7.83. The van der Waals surface area contributed by atoms with E-state index in [2.05, 4.69) is 63.7 Å². The molecule has 0 N–H and O–H groups in total. The SMILES string of the molecule is CC(C)(C)[C@H]1CCc2c(sc(N=Cc3cc(Br)c(Br)o3)c2C#N)C1. The Labute approximate surface area is 163 Å². The number of nitriles is 1. The van der Waals surface area contributed by atoms with Gasteiger partial charge in [0.1, 0.15) is 16.8 Å². The molecular formula is C18H18Br2N2OS. The summed E-state index contributed by atoms with van der Waals surface area (Å²) in [5.41, 5.74) is 2.24. The topological polar surface area (TPSA) is 49.3 Å². The molecule has 1 aliphatic rings. The van der Waals surface area contributed by atoms with Crippen LogP contribution in [0.1, 0.15) is 49.0 Å². The molecule has 1 aliphatic carbocycles. The Morgan fingerprint density at radius 2 is 2.17 bits per heavy atom. The summed E-state index contributed by atoms with van der Waals surface area (Å²) in [4.78, 5) is 5.86. The summed E-state index contributed by atoms with van der Waals surface area (Å²) < 4.78 is 7.01. The first-order chi connectivity index (χ1) is 11.3. The van der Waals surface area contributed by atoms with Gasteiger partial charge in [0.15, 0.2) is 4.67 Å². The fourth-order valence-corrected chi connectivity index (χ4v) is 4.90. The van der Waals surface area contributed by atoms with E-state index in [0.29, 0.717) is 21.8 Å². The minimum Gasteiger partial charge on any atom is -0.447 e. The predicted octanol–water partition coefficient (Wildman–Crippen LogP) is 6.64. The van der Waals surface area contributed by atoms with Crippen molar-refractivity contribution in [1.29, 1.82) is 5.26 Å². The van der Waals surface area contributed by atoms with Crippen molar-refractivity contribution in [3.8, 4) is 6.07 Å². The van der Waals surface area contributed by atoms with Crippen LogP contribution in [-0.4, -0.2) is 6.21 Å². The van der Waals surface area contributed by atoms with Crippen molar-refractivity contribution in [1.82, 2.24) is 0 Å². The van der Waals surface area contributed by atoms with Crippen LogP contribution in [0.25, 0.3) is 0 Å². The molecule has 3 nitrogen and oxygen atoms in total. The first kappa shape index (κ1) is 17.9. The molecule has 0 spiro atoms. The van der Waals surface area contributed by atoms with E-state index in [1.807, 2.05) is 6.07 Å². The second kappa shape index (κ2) is 6.78. The van der Waals surface area contributed by atoms with Crippen molar-refractivity contribution in [2.24, 2.45) is 16.3 Å². The molecule has 0 fully saturated rings. The van der Waals surface area contributed by atoms with Crippen LogP contribution in [0.2, 0.25) is 0 Å². The van der Waals surface area contributed by atoms with E-state index in [0.717, 1.165) is 34.3 Å². The van der Waals surface area contributed by atoms with Gasteiger partial charge in [-0.2, -0.15) is 5.26 Å². The van der Waals surface area contributed by atoms with Crippen LogP contribution in [0.15, 0.2) is 24.6 Å². The van der Waals surface area contributed by atoms with Crippen molar-refractivity contribution in [3.63, 3.8) is 0 Å². The molecule has 24 heavy (non-hydrogen) atoms. The van der Waals surface area contributed by atoms with Crippen molar-refractivity contribution >= 4 is 54.4 Å². The van der Waals surface area contributed by atoms with Crippen LogP contribution in [-0.2, 0) is 12.8 Å². The molecule has 6 heteroatoms. The van der Waals surface area contributed by atoms with Gasteiger partial charge in [0.05, 0.1) is 16.3 Å². The Balaban J connectivity index is 1.91. The van der Waals surface area contributed by atoms with E-state index in [1.165, 1.54) is 10.4 Å². The first-order valence-corrected chi connectivity index (χ1v) is 10.2. The molecule has 0 unspecified atom stereocenters. The van der Waals surface area contributed by atoms with Gasteiger partial charge in [-0.3, -0.25) is 0 Å². The number of halogens is 2. The van der Waals surface area contributed by atoms with Crippen molar-refractivity contribution in [2.45, 2.75) is 40.0 Å². The Morgan fingerprint density at radius 3 is 2.75 bits per heavy atom. The van der Waals surface area contributed by atoms with E-state index in [9.17, 15) is 5.26 Å². The second-order valence-corrected chi connectivity index (χ2v) is 9.79. The van der Waals surface area contributed by atoms with E-state index >= 15 is 0 Å². The minimum atomic E-state index is 0.296. The third-order valence-electron chi connectivity index (χ3n) is 4.56.